The van der Waals surface area contributed by atoms with E-state index in [4.69, 9.17) is 4.74 Å². The molecule has 0 aromatic heterocycles. The van der Waals surface area contributed by atoms with E-state index >= 15 is 0 Å². The van der Waals surface area contributed by atoms with E-state index in [0.717, 1.165) is 24.2 Å². The lowest BCUT2D eigenvalue weighted by molar-refractivity contribution is -0.120. The molecular weight excluding hydrogens is 238 g/mol. The van der Waals surface area contributed by atoms with Crippen LogP contribution in [0.3, 0.4) is 0 Å². The largest absolute Gasteiger partial charge is 0.481 e. The normalized spacial score (nSPS) is 9.37. The smallest absolute Gasteiger partial charge is 0.220 e. The second-order valence-electron chi connectivity index (χ2n) is 4.29. The molecule has 0 aliphatic carbocycles. The van der Waals surface area contributed by atoms with Crippen LogP contribution >= 0.6 is 0 Å². The quantitative estimate of drug-likeness (QED) is 0.798. The molecular formula is C16H21NO2. The number of amides is 1. The molecule has 0 radical (unpaired) electrons. The Balaban J connectivity index is 2.18. The van der Waals surface area contributed by atoms with Gasteiger partial charge in [-0.1, -0.05) is 43.4 Å². The maximum absolute atomic E-state index is 11.3. The summed E-state index contributed by atoms with van der Waals surface area (Å²) in [6, 6.07) is 7.82. The first-order valence-electron chi connectivity index (χ1n) is 6.65. The summed E-state index contributed by atoms with van der Waals surface area (Å²) in [6.07, 6.45) is 2.54. The summed E-state index contributed by atoms with van der Waals surface area (Å²) in [5, 5.41) is 2.76. The lowest BCUT2D eigenvalue weighted by Gasteiger charge is -2.04. The van der Waals surface area contributed by atoms with Crippen LogP contribution in [0, 0.1) is 18.8 Å². The minimum absolute atomic E-state index is 0.0657. The number of hydrogen-bond donors (Lipinski definition) is 1. The van der Waals surface area contributed by atoms with E-state index in [0.29, 0.717) is 19.6 Å². The SMILES string of the molecule is CCCCC(=O)NCC#CCOc1ccccc1C. The third-order valence-electron chi connectivity index (χ3n) is 2.65. The molecule has 1 aromatic carbocycles. The van der Waals surface area contributed by atoms with E-state index < -0.39 is 0 Å². The van der Waals surface area contributed by atoms with Gasteiger partial charge in [0.2, 0.25) is 5.91 Å². The van der Waals surface area contributed by atoms with E-state index in [-0.39, 0.29) is 5.91 Å². The molecule has 1 aromatic rings. The van der Waals surface area contributed by atoms with Crippen molar-refractivity contribution in [3.05, 3.63) is 29.8 Å². The monoisotopic (exact) mass is 259 g/mol. The summed E-state index contributed by atoms with van der Waals surface area (Å²) < 4.78 is 5.52. The fraction of sp³-hybridized carbons (Fsp3) is 0.438. The summed E-state index contributed by atoms with van der Waals surface area (Å²) >= 11 is 0. The molecule has 0 fully saturated rings. The zero-order chi connectivity index (χ0) is 13.9. The number of hydrogen-bond acceptors (Lipinski definition) is 2. The third-order valence-corrected chi connectivity index (χ3v) is 2.65. The minimum Gasteiger partial charge on any atom is -0.481 e. The fourth-order valence-electron chi connectivity index (χ4n) is 1.51. The van der Waals surface area contributed by atoms with Crippen molar-refractivity contribution >= 4 is 5.91 Å². The van der Waals surface area contributed by atoms with Crippen molar-refractivity contribution in [3.63, 3.8) is 0 Å². The fourth-order valence-corrected chi connectivity index (χ4v) is 1.51. The van der Waals surface area contributed by atoms with E-state index in [2.05, 4.69) is 24.1 Å². The second kappa shape index (κ2) is 9.04. The molecule has 1 amide bonds. The first-order valence-corrected chi connectivity index (χ1v) is 6.65. The van der Waals surface area contributed by atoms with Crippen molar-refractivity contribution in [3.8, 4) is 17.6 Å². The minimum atomic E-state index is 0.0657. The van der Waals surface area contributed by atoms with E-state index in [1.54, 1.807) is 0 Å². The average Bonchev–Trinajstić information content (AvgIpc) is 2.42. The Kier molecular flexibility index (Phi) is 7.19. The van der Waals surface area contributed by atoms with E-state index in [1.165, 1.54) is 0 Å². The van der Waals surface area contributed by atoms with Crippen LogP contribution in [0.15, 0.2) is 24.3 Å². The Morgan fingerprint density at radius 3 is 2.84 bits per heavy atom. The van der Waals surface area contributed by atoms with E-state index in [1.807, 2.05) is 31.2 Å². The van der Waals surface area contributed by atoms with Gasteiger partial charge in [-0.25, -0.2) is 0 Å². The molecule has 1 N–H and O–H groups in total. The molecule has 0 saturated heterocycles. The van der Waals surface area contributed by atoms with Gasteiger partial charge in [0.05, 0.1) is 6.54 Å². The van der Waals surface area contributed by atoms with Crippen molar-refractivity contribution in [2.24, 2.45) is 0 Å². The van der Waals surface area contributed by atoms with Crippen molar-refractivity contribution in [2.45, 2.75) is 33.1 Å². The Labute approximate surface area is 115 Å². The topological polar surface area (TPSA) is 38.3 Å². The predicted octanol–water partition coefficient (Wildman–Crippen LogP) is 2.68. The number of nitrogens with one attached hydrogen (secondary N) is 1. The van der Waals surface area contributed by atoms with Crippen molar-refractivity contribution < 1.29 is 9.53 Å². The molecule has 19 heavy (non-hydrogen) atoms. The number of para-hydroxylation sites is 1. The highest BCUT2D eigenvalue weighted by Gasteiger charge is 1.97. The molecule has 0 bridgehead atoms. The van der Waals surface area contributed by atoms with Crippen LogP contribution in [0.1, 0.15) is 31.7 Å². The van der Waals surface area contributed by atoms with Crippen LogP contribution < -0.4 is 10.1 Å². The highest BCUT2D eigenvalue weighted by atomic mass is 16.5. The maximum atomic E-state index is 11.3. The van der Waals surface area contributed by atoms with Gasteiger partial charge in [-0.2, -0.15) is 0 Å². The highest BCUT2D eigenvalue weighted by Crippen LogP contribution is 2.15. The molecule has 3 nitrogen and oxygen atoms in total. The number of rotatable bonds is 6. The molecule has 0 aliphatic heterocycles. The molecule has 0 atom stereocenters. The summed E-state index contributed by atoms with van der Waals surface area (Å²) in [5.74, 6) is 6.68. The molecule has 0 heterocycles. The van der Waals surface area contributed by atoms with Crippen LogP contribution in [0.25, 0.3) is 0 Å². The standard InChI is InChI=1S/C16H21NO2/c1-3-4-11-16(18)17-12-7-8-13-19-15-10-6-5-9-14(15)2/h5-6,9-10H,3-4,11-13H2,1-2H3,(H,17,18). The Hall–Kier alpha value is -1.95. The van der Waals surface area contributed by atoms with Crippen LogP contribution in [-0.2, 0) is 4.79 Å². The molecule has 0 saturated carbocycles. The third kappa shape index (κ3) is 6.52. The lowest BCUT2D eigenvalue weighted by Crippen LogP contribution is -2.23. The number of carbonyl (C=O) groups is 1. The Morgan fingerprint density at radius 1 is 1.32 bits per heavy atom. The molecule has 0 spiro atoms. The van der Waals surface area contributed by atoms with Gasteiger partial charge in [0.1, 0.15) is 12.4 Å². The Bertz CT molecular complexity index is 457. The number of benzene rings is 1. The van der Waals surface area contributed by atoms with Gasteiger partial charge in [-0.05, 0) is 25.0 Å². The average molecular weight is 259 g/mol. The molecule has 0 aliphatic rings. The van der Waals surface area contributed by atoms with Gasteiger partial charge in [0.25, 0.3) is 0 Å². The second-order valence-corrected chi connectivity index (χ2v) is 4.29. The first kappa shape index (κ1) is 15.1. The van der Waals surface area contributed by atoms with Gasteiger partial charge in [-0.3, -0.25) is 4.79 Å². The summed E-state index contributed by atoms with van der Waals surface area (Å²) in [7, 11) is 0. The maximum Gasteiger partial charge on any atom is 0.220 e. The van der Waals surface area contributed by atoms with Crippen molar-refractivity contribution in [1.82, 2.24) is 5.32 Å². The summed E-state index contributed by atoms with van der Waals surface area (Å²) in [6.45, 7) is 4.79. The van der Waals surface area contributed by atoms with Crippen LogP contribution in [0.4, 0.5) is 0 Å². The van der Waals surface area contributed by atoms with Gasteiger partial charge in [-0.15, -0.1) is 0 Å². The molecule has 1 rings (SSSR count). The lowest BCUT2D eigenvalue weighted by atomic mass is 10.2. The summed E-state index contributed by atoms with van der Waals surface area (Å²) in [5.41, 5.74) is 1.09. The van der Waals surface area contributed by atoms with Gasteiger partial charge >= 0.3 is 0 Å². The van der Waals surface area contributed by atoms with Gasteiger partial charge in [0, 0.05) is 6.42 Å². The number of carbonyl (C=O) groups excluding carboxylic acids is 1. The Morgan fingerprint density at radius 2 is 2.11 bits per heavy atom. The highest BCUT2D eigenvalue weighted by molar-refractivity contribution is 5.76. The number of ether oxygens (including phenoxy) is 1. The zero-order valence-corrected chi connectivity index (χ0v) is 11.7. The first-order chi connectivity index (χ1) is 9.24. The number of aryl methyl sites for hydroxylation is 1. The molecule has 102 valence electrons. The predicted molar refractivity (Wildman–Crippen MR) is 77.0 cm³/mol. The zero-order valence-electron chi connectivity index (χ0n) is 11.7. The van der Waals surface area contributed by atoms with Gasteiger partial charge < -0.3 is 10.1 Å². The summed E-state index contributed by atoms with van der Waals surface area (Å²) in [4.78, 5) is 11.3. The van der Waals surface area contributed by atoms with Crippen LogP contribution in [0.2, 0.25) is 0 Å². The van der Waals surface area contributed by atoms with Crippen molar-refractivity contribution in [1.29, 1.82) is 0 Å². The molecule has 3 heteroatoms. The van der Waals surface area contributed by atoms with Crippen LogP contribution in [-0.4, -0.2) is 19.1 Å². The van der Waals surface area contributed by atoms with E-state index in [9.17, 15) is 4.79 Å². The van der Waals surface area contributed by atoms with Crippen molar-refractivity contribution in [2.75, 3.05) is 13.2 Å². The molecule has 0 unspecified atom stereocenters. The number of unbranched alkanes of at least 4 members (excludes halogenated alkanes) is 1. The van der Waals surface area contributed by atoms with Crippen LogP contribution in [0.5, 0.6) is 5.75 Å². The van der Waals surface area contributed by atoms with Gasteiger partial charge in [0.15, 0.2) is 0 Å².